The minimum Gasteiger partial charge on any atom is -0.493 e. The highest BCUT2D eigenvalue weighted by Crippen LogP contribution is 2.11. The quantitative estimate of drug-likeness (QED) is 0.689. The number of nitrogens with one attached hydrogen (secondary N) is 1. The fraction of sp³-hybridized carbons (Fsp3) is 0. The lowest BCUT2D eigenvalue weighted by Gasteiger charge is -2.01. The average molecular weight is 220 g/mol. The first-order chi connectivity index (χ1) is 7.58. The molecule has 0 aliphatic rings. The maximum absolute atomic E-state index is 11.3. The average Bonchev–Trinajstić information content (AvgIpc) is 2.58. The van der Waals surface area contributed by atoms with Gasteiger partial charge in [-0.15, -0.1) is 0 Å². The number of benzene rings is 1. The van der Waals surface area contributed by atoms with Crippen molar-refractivity contribution in [3.63, 3.8) is 0 Å². The monoisotopic (exact) mass is 220 g/mol. The molecule has 0 fully saturated rings. The number of aromatic amines is 1. The number of carboxylic acid groups (broad SMARTS) is 1. The van der Waals surface area contributed by atoms with Gasteiger partial charge in [0, 0.05) is 0 Å². The first kappa shape index (κ1) is 10.0. The van der Waals surface area contributed by atoms with Gasteiger partial charge in [0.25, 0.3) is 0 Å². The summed E-state index contributed by atoms with van der Waals surface area (Å²) in [4.78, 5) is 24.2. The van der Waals surface area contributed by atoms with Crippen molar-refractivity contribution in [1.29, 1.82) is 0 Å². The fourth-order valence-electron chi connectivity index (χ4n) is 1.36. The molecule has 6 nitrogen and oxygen atoms in total. The summed E-state index contributed by atoms with van der Waals surface area (Å²) in [6, 6.07) is 5.86. The van der Waals surface area contributed by atoms with Crippen LogP contribution in [0.3, 0.4) is 0 Å². The standard InChI is InChI=1S/C10H8N2O4/c13-8-5-12(10(16)11-8)7-3-1-2-6(4-7)9(14)15/h1-5,13H,(H,11,16)(H,14,15). The smallest absolute Gasteiger partial charge is 0.335 e. The largest absolute Gasteiger partial charge is 0.493 e. The third kappa shape index (κ3) is 1.68. The zero-order valence-corrected chi connectivity index (χ0v) is 8.04. The normalized spacial score (nSPS) is 10.2. The van der Waals surface area contributed by atoms with E-state index in [2.05, 4.69) is 4.98 Å². The lowest BCUT2D eigenvalue weighted by atomic mass is 10.2. The molecule has 0 amide bonds. The van der Waals surface area contributed by atoms with E-state index in [0.717, 1.165) is 4.57 Å². The summed E-state index contributed by atoms with van der Waals surface area (Å²) in [5.74, 6) is -1.35. The third-order valence-electron chi connectivity index (χ3n) is 2.08. The van der Waals surface area contributed by atoms with Crippen LogP contribution in [0.2, 0.25) is 0 Å². The zero-order chi connectivity index (χ0) is 11.7. The second-order valence-electron chi connectivity index (χ2n) is 3.17. The molecule has 0 saturated heterocycles. The molecule has 1 heterocycles. The number of aromatic hydroxyl groups is 1. The Morgan fingerprint density at radius 3 is 2.69 bits per heavy atom. The van der Waals surface area contributed by atoms with Gasteiger partial charge in [-0.25, -0.2) is 9.59 Å². The molecule has 0 atom stereocenters. The van der Waals surface area contributed by atoms with Gasteiger partial charge >= 0.3 is 11.7 Å². The van der Waals surface area contributed by atoms with E-state index in [4.69, 9.17) is 10.2 Å². The van der Waals surface area contributed by atoms with Crippen molar-refractivity contribution in [2.24, 2.45) is 0 Å². The van der Waals surface area contributed by atoms with Gasteiger partial charge in [-0.2, -0.15) is 0 Å². The summed E-state index contributed by atoms with van der Waals surface area (Å²) >= 11 is 0. The van der Waals surface area contributed by atoms with Crippen molar-refractivity contribution in [2.45, 2.75) is 0 Å². The van der Waals surface area contributed by atoms with Gasteiger partial charge in [-0.05, 0) is 18.2 Å². The molecule has 2 aromatic rings. The molecule has 3 N–H and O–H groups in total. The molecule has 82 valence electrons. The molecule has 0 spiro atoms. The lowest BCUT2D eigenvalue weighted by Crippen LogP contribution is -2.14. The van der Waals surface area contributed by atoms with Crippen LogP contribution in [0.15, 0.2) is 35.3 Å². The topological polar surface area (TPSA) is 95.3 Å². The van der Waals surface area contributed by atoms with Crippen molar-refractivity contribution in [1.82, 2.24) is 9.55 Å². The van der Waals surface area contributed by atoms with Gasteiger partial charge in [-0.3, -0.25) is 9.55 Å². The molecule has 1 aromatic carbocycles. The first-order valence-corrected chi connectivity index (χ1v) is 4.42. The highest BCUT2D eigenvalue weighted by molar-refractivity contribution is 5.88. The number of hydrogen-bond donors (Lipinski definition) is 3. The van der Waals surface area contributed by atoms with E-state index in [1.807, 2.05) is 0 Å². The molecule has 0 radical (unpaired) electrons. The van der Waals surface area contributed by atoms with Crippen molar-refractivity contribution in [3.05, 3.63) is 46.5 Å². The van der Waals surface area contributed by atoms with E-state index in [9.17, 15) is 9.59 Å². The maximum Gasteiger partial charge on any atom is 0.335 e. The van der Waals surface area contributed by atoms with E-state index in [1.54, 1.807) is 6.07 Å². The predicted octanol–water partition coefficient (Wildman–Crippen LogP) is 0.569. The van der Waals surface area contributed by atoms with E-state index in [1.165, 1.54) is 24.4 Å². The van der Waals surface area contributed by atoms with E-state index >= 15 is 0 Å². The second-order valence-corrected chi connectivity index (χ2v) is 3.17. The maximum atomic E-state index is 11.3. The number of H-pyrrole nitrogens is 1. The number of hydrogen-bond acceptors (Lipinski definition) is 3. The molecule has 0 unspecified atom stereocenters. The Kier molecular flexibility index (Phi) is 2.24. The summed E-state index contributed by atoms with van der Waals surface area (Å²) in [7, 11) is 0. The highest BCUT2D eigenvalue weighted by atomic mass is 16.4. The molecule has 0 aliphatic carbocycles. The van der Waals surface area contributed by atoms with Gasteiger partial charge in [0.2, 0.25) is 5.88 Å². The Hall–Kier alpha value is -2.50. The molecular weight excluding hydrogens is 212 g/mol. The Morgan fingerprint density at radius 2 is 2.12 bits per heavy atom. The van der Waals surface area contributed by atoms with Crippen molar-refractivity contribution in [3.8, 4) is 11.6 Å². The van der Waals surface area contributed by atoms with Gasteiger partial charge in [0.15, 0.2) is 0 Å². The summed E-state index contributed by atoms with van der Waals surface area (Å²) in [5, 5.41) is 17.9. The Bertz CT molecular complexity index is 597. The van der Waals surface area contributed by atoms with Crippen molar-refractivity contribution >= 4 is 5.97 Å². The predicted molar refractivity (Wildman–Crippen MR) is 55.0 cm³/mol. The number of rotatable bonds is 2. The fourth-order valence-corrected chi connectivity index (χ4v) is 1.36. The van der Waals surface area contributed by atoms with Gasteiger partial charge in [0.1, 0.15) is 0 Å². The zero-order valence-electron chi connectivity index (χ0n) is 8.04. The first-order valence-electron chi connectivity index (χ1n) is 4.42. The minimum absolute atomic E-state index is 0.0742. The van der Waals surface area contributed by atoms with Crippen LogP contribution in [0.4, 0.5) is 0 Å². The summed E-state index contributed by atoms with van der Waals surface area (Å²) in [5.41, 5.74) is -0.0772. The Labute approximate surface area is 89.4 Å². The molecule has 16 heavy (non-hydrogen) atoms. The van der Waals surface area contributed by atoms with E-state index in [-0.39, 0.29) is 11.4 Å². The highest BCUT2D eigenvalue weighted by Gasteiger charge is 2.07. The number of nitrogens with zero attached hydrogens (tertiary/aromatic N) is 1. The Morgan fingerprint density at radius 1 is 1.38 bits per heavy atom. The molecular formula is C10H8N2O4. The van der Waals surface area contributed by atoms with Crippen LogP contribution in [0, 0.1) is 0 Å². The van der Waals surface area contributed by atoms with Crippen LogP contribution in [0.1, 0.15) is 10.4 Å². The number of imidazole rings is 1. The number of carbonyl (C=O) groups is 1. The number of aromatic nitrogens is 2. The van der Waals surface area contributed by atoms with Crippen LogP contribution >= 0.6 is 0 Å². The molecule has 6 heteroatoms. The van der Waals surface area contributed by atoms with Gasteiger partial charge in [0.05, 0.1) is 17.4 Å². The molecule has 1 aromatic heterocycles. The van der Waals surface area contributed by atoms with Crippen molar-refractivity contribution in [2.75, 3.05) is 0 Å². The van der Waals surface area contributed by atoms with Crippen LogP contribution in [-0.4, -0.2) is 25.7 Å². The lowest BCUT2D eigenvalue weighted by molar-refractivity contribution is 0.0697. The van der Waals surface area contributed by atoms with Crippen LogP contribution in [0.25, 0.3) is 5.69 Å². The molecule has 2 rings (SSSR count). The number of aromatic carboxylic acids is 1. The molecule has 0 aliphatic heterocycles. The van der Waals surface area contributed by atoms with Crippen LogP contribution < -0.4 is 5.69 Å². The van der Waals surface area contributed by atoms with E-state index in [0.29, 0.717) is 5.69 Å². The van der Waals surface area contributed by atoms with Gasteiger partial charge < -0.3 is 10.2 Å². The summed E-state index contributed by atoms with van der Waals surface area (Å²) in [6.45, 7) is 0. The van der Waals surface area contributed by atoms with E-state index < -0.39 is 11.7 Å². The number of carboxylic acids is 1. The van der Waals surface area contributed by atoms with Gasteiger partial charge in [-0.1, -0.05) is 6.07 Å². The Balaban J connectivity index is 2.56. The van der Waals surface area contributed by atoms with Crippen LogP contribution in [-0.2, 0) is 0 Å². The summed E-state index contributed by atoms with van der Waals surface area (Å²) < 4.78 is 1.13. The minimum atomic E-state index is -1.07. The molecule has 0 bridgehead atoms. The van der Waals surface area contributed by atoms with Crippen LogP contribution in [0.5, 0.6) is 5.88 Å². The third-order valence-corrected chi connectivity index (χ3v) is 2.08. The molecule has 0 saturated carbocycles. The second kappa shape index (κ2) is 3.58. The SMILES string of the molecule is O=C(O)c1cccc(-n2cc(O)[nH]c2=O)c1. The van der Waals surface area contributed by atoms with Crippen molar-refractivity contribution < 1.29 is 15.0 Å². The summed E-state index contributed by atoms with van der Waals surface area (Å²) in [6.07, 6.45) is 1.18.